The lowest BCUT2D eigenvalue weighted by Crippen LogP contribution is -2.41. The van der Waals surface area contributed by atoms with E-state index in [1.807, 2.05) is 65.1 Å². The monoisotopic (exact) mass is 410 g/mol. The molecule has 2 aliphatic rings. The maximum Gasteiger partial charge on any atom is 0.494 e. The second kappa shape index (κ2) is 7.87. The van der Waals surface area contributed by atoms with Gasteiger partial charge in [-0.3, -0.25) is 0 Å². The molecule has 2 saturated heterocycles. The highest BCUT2D eigenvalue weighted by molar-refractivity contribution is 6.62. The molecule has 0 spiro atoms. The molecule has 2 fully saturated rings. The van der Waals surface area contributed by atoms with Gasteiger partial charge in [0.15, 0.2) is 0 Å². The minimum atomic E-state index is -0.434. The zero-order valence-electron chi connectivity index (χ0n) is 18.5. The van der Waals surface area contributed by atoms with Gasteiger partial charge in [0.05, 0.1) is 24.4 Å². The van der Waals surface area contributed by atoms with E-state index in [1.165, 1.54) is 0 Å². The molecule has 1 N–H and O–H groups in total. The summed E-state index contributed by atoms with van der Waals surface area (Å²) >= 11 is 0. The van der Waals surface area contributed by atoms with E-state index in [1.54, 1.807) is 0 Å². The van der Waals surface area contributed by atoms with E-state index in [-0.39, 0.29) is 23.9 Å². The van der Waals surface area contributed by atoms with Crippen LogP contribution in [0.15, 0.2) is 36.5 Å². The van der Waals surface area contributed by atoms with E-state index in [2.05, 4.69) is 16.0 Å². The first-order valence-electron chi connectivity index (χ1n) is 10.6. The van der Waals surface area contributed by atoms with Crippen LogP contribution in [0.3, 0.4) is 0 Å². The predicted octanol–water partition coefficient (Wildman–Crippen LogP) is 2.84. The van der Waals surface area contributed by atoms with E-state index in [4.69, 9.17) is 14.0 Å². The van der Waals surface area contributed by atoms with Gasteiger partial charge in [-0.2, -0.15) is 0 Å². The molecule has 1 aromatic carbocycles. The molecule has 6 nitrogen and oxygen atoms in total. The first kappa shape index (κ1) is 21.2. The van der Waals surface area contributed by atoms with E-state index in [0.29, 0.717) is 5.88 Å². The quantitative estimate of drug-likeness (QED) is 0.765. The van der Waals surface area contributed by atoms with Crippen molar-refractivity contribution in [2.45, 2.75) is 65.0 Å². The molecule has 2 aliphatic heterocycles. The summed E-state index contributed by atoms with van der Waals surface area (Å²) in [6.45, 7) is 11.8. The highest BCUT2D eigenvalue weighted by atomic mass is 16.7. The van der Waals surface area contributed by atoms with Gasteiger partial charge in [-0.25, -0.2) is 4.98 Å². The molecule has 7 heteroatoms. The standard InChI is InChI=1S/C23H31BN2O4/c1-16-6-9-21(25-13-16)28-19-10-11-26(14-19)20-8-7-18(12-17(20)15-27)24-29-22(2,3)23(4,5)30-24/h6-9,12-13,19,27H,10-11,14-15H2,1-5H3/t19-/m0/s1. The maximum atomic E-state index is 10.0. The number of nitrogens with zero attached hydrogens (tertiary/aromatic N) is 2. The molecule has 2 aromatic rings. The summed E-state index contributed by atoms with van der Waals surface area (Å²) in [4.78, 5) is 6.61. The summed E-state index contributed by atoms with van der Waals surface area (Å²) in [5.74, 6) is 0.658. The zero-order valence-corrected chi connectivity index (χ0v) is 18.5. The van der Waals surface area contributed by atoms with Gasteiger partial charge in [0.2, 0.25) is 5.88 Å². The number of aryl methyl sites for hydroxylation is 1. The summed E-state index contributed by atoms with van der Waals surface area (Å²) in [7, 11) is -0.434. The second-order valence-corrected chi connectivity index (χ2v) is 9.28. The lowest BCUT2D eigenvalue weighted by atomic mass is 9.78. The summed E-state index contributed by atoms with van der Waals surface area (Å²) in [6.07, 6.45) is 2.81. The van der Waals surface area contributed by atoms with Crippen LogP contribution in [0.4, 0.5) is 5.69 Å². The van der Waals surface area contributed by atoms with Crippen LogP contribution in [0, 0.1) is 6.92 Å². The van der Waals surface area contributed by atoms with Crippen LogP contribution in [-0.2, 0) is 15.9 Å². The number of hydrogen-bond acceptors (Lipinski definition) is 6. The average molecular weight is 410 g/mol. The lowest BCUT2D eigenvalue weighted by molar-refractivity contribution is 0.00578. The summed E-state index contributed by atoms with van der Waals surface area (Å²) in [5.41, 5.74) is 3.16. The van der Waals surface area contributed by atoms with Crippen molar-refractivity contribution in [2.75, 3.05) is 18.0 Å². The Morgan fingerprint density at radius 1 is 1.17 bits per heavy atom. The normalized spacial score (nSPS) is 22.5. The second-order valence-electron chi connectivity index (χ2n) is 9.28. The van der Waals surface area contributed by atoms with E-state index in [9.17, 15) is 5.11 Å². The van der Waals surface area contributed by atoms with Crippen LogP contribution in [0.5, 0.6) is 5.88 Å². The van der Waals surface area contributed by atoms with Crippen molar-refractivity contribution in [1.29, 1.82) is 0 Å². The van der Waals surface area contributed by atoms with Gasteiger partial charge in [0, 0.05) is 36.5 Å². The van der Waals surface area contributed by atoms with Crippen LogP contribution in [0.25, 0.3) is 0 Å². The first-order valence-corrected chi connectivity index (χ1v) is 10.6. The molecule has 3 heterocycles. The maximum absolute atomic E-state index is 10.0. The number of aromatic nitrogens is 1. The Labute approximate surface area is 179 Å². The van der Waals surface area contributed by atoms with Gasteiger partial charge < -0.3 is 24.1 Å². The van der Waals surface area contributed by atoms with Crippen molar-refractivity contribution in [2.24, 2.45) is 0 Å². The number of aliphatic hydroxyl groups excluding tert-OH is 1. The van der Waals surface area contributed by atoms with E-state index >= 15 is 0 Å². The van der Waals surface area contributed by atoms with Crippen LogP contribution in [0.1, 0.15) is 45.2 Å². The number of rotatable bonds is 5. The van der Waals surface area contributed by atoms with Crippen LogP contribution >= 0.6 is 0 Å². The van der Waals surface area contributed by atoms with Gasteiger partial charge in [-0.15, -0.1) is 0 Å². The lowest BCUT2D eigenvalue weighted by Gasteiger charge is -2.32. The molecule has 0 aliphatic carbocycles. The Bertz CT molecular complexity index is 885. The van der Waals surface area contributed by atoms with Crippen molar-refractivity contribution in [3.8, 4) is 5.88 Å². The number of aliphatic hydroxyl groups is 1. The SMILES string of the molecule is Cc1ccc(O[C@H]2CCN(c3ccc(B4OC(C)(C)C(C)(C)O4)cc3CO)C2)nc1. The van der Waals surface area contributed by atoms with Crippen LogP contribution in [0.2, 0.25) is 0 Å². The molecule has 0 bridgehead atoms. The van der Waals surface area contributed by atoms with Gasteiger partial charge in [-0.1, -0.05) is 18.2 Å². The molecular weight excluding hydrogens is 379 g/mol. The highest BCUT2D eigenvalue weighted by Crippen LogP contribution is 2.37. The number of ether oxygens (including phenoxy) is 1. The van der Waals surface area contributed by atoms with Crippen molar-refractivity contribution in [3.05, 3.63) is 47.7 Å². The van der Waals surface area contributed by atoms with Crippen LogP contribution in [-0.4, -0.2) is 47.6 Å². The Morgan fingerprint density at radius 2 is 1.90 bits per heavy atom. The van der Waals surface area contributed by atoms with Gasteiger partial charge in [-0.05, 0) is 51.7 Å². The van der Waals surface area contributed by atoms with Gasteiger partial charge in [0.25, 0.3) is 0 Å². The Morgan fingerprint density at radius 3 is 2.53 bits per heavy atom. The molecule has 0 amide bonds. The number of benzene rings is 1. The molecule has 1 aromatic heterocycles. The minimum Gasteiger partial charge on any atom is -0.472 e. The first-order chi connectivity index (χ1) is 14.2. The average Bonchev–Trinajstić information content (AvgIpc) is 3.24. The van der Waals surface area contributed by atoms with Crippen molar-refractivity contribution >= 4 is 18.3 Å². The molecule has 160 valence electrons. The molecule has 1 atom stereocenters. The highest BCUT2D eigenvalue weighted by Gasteiger charge is 2.51. The summed E-state index contributed by atoms with van der Waals surface area (Å²) < 4.78 is 18.4. The fraction of sp³-hybridized carbons (Fsp3) is 0.522. The Balaban J connectivity index is 1.47. The number of hydrogen-bond donors (Lipinski definition) is 1. The van der Waals surface area contributed by atoms with Crippen molar-refractivity contribution < 1.29 is 19.2 Å². The zero-order chi connectivity index (χ0) is 21.5. The molecule has 4 rings (SSSR count). The molecule has 30 heavy (non-hydrogen) atoms. The molecule has 0 saturated carbocycles. The molecule has 0 radical (unpaired) electrons. The third kappa shape index (κ3) is 4.06. The third-order valence-electron chi connectivity index (χ3n) is 6.46. The Hall–Kier alpha value is -2.09. The fourth-order valence-corrected chi connectivity index (χ4v) is 3.90. The van der Waals surface area contributed by atoms with Gasteiger partial charge in [0.1, 0.15) is 6.10 Å². The topological polar surface area (TPSA) is 64.1 Å². The van der Waals surface area contributed by atoms with Gasteiger partial charge >= 0.3 is 7.12 Å². The third-order valence-corrected chi connectivity index (χ3v) is 6.46. The fourth-order valence-electron chi connectivity index (χ4n) is 3.90. The van der Waals surface area contributed by atoms with Crippen molar-refractivity contribution in [1.82, 2.24) is 4.98 Å². The van der Waals surface area contributed by atoms with E-state index < -0.39 is 7.12 Å². The predicted molar refractivity (Wildman–Crippen MR) is 118 cm³/mol. The van der Waals surface area contributed by atoms with Crippen molar-refractivity contribution in [3.63, 3.8) is 0 Å². The van der Waals surface area contributed by atoms with Crippen LogP contribution < -0.4 is 15.1 Å². The smallest absolute Gasteiger partial charge is 0.472 e. The summed E-state index contributed by atoms with van der Waals surface area (Å²) in [6, 6.07) is 10.0. The number of pyridine rings is 1. The summed E-state index contributed by atoms with van der Waals surface area (Å²) in [5, 5.41) is 10.0. The Kier molecular flexibility index (Phi) is 5.55. The minimum absolute atomic E-state index is 0.0375. The van der Waals surface area contributed by atoms with E-state index in [0.717, 1.165) is 41.8 Å². The number of anilines is 1. The molecular formula is C23H31BN2O4. The molecule has 0 unspecified atom stereocenters. The largest absolute Gasteiger partial charge is 0.494 e.